The van der Waals surface area contributed by atoms with Crippen LogP contribution in [0.15, 0.2) is 71.2 Å². The van der Waals surface area contributed by atoms with E-state index in [0.29, 0.717) is 12.0 Å². The second kappa shape index (κ2) is 9.40. The minimum Gasteiger partial charge on any atom is -0.487 e. The average Bonchev–Trinajstić information content (AvgIpc) is 3.10. The molecule has 1 aliphatic heterocycles. The van der Waals surface area contributed by atoms with Gasteiger partial charge in [0.15, 0.2) is 0 Å². The lowest BCUT2D eigenvalue weighted by Gasteiger charge is -2.24. The van der Waals surface area contributed by atoms with Gasteiger partial charge in [-0.15, -0.1) is 0 Å². The smallest absolute Gasteiger partial charge is 0.323 e. The molecule has 1 aliphatic rings. The summed E-state index contributed by atoms with van der Waals surface area (Å²) in [5.74, 6) is -0.571. The van der Waals surface area contributed by atoms with Crippen molar-refractivity contribution in [1.82, 2.24) is 4.90 Å². The topological polar surface area (TPSA) is 66.8 Å². The Balaban J connectivity index is 1.52. The number of carbonyl (C=O) groups is 2. The minimum absolute atomic E-state index is 0.236. The molecule has 5 nitrogen and oxygen atoms in total. The molecule has 0 aromatic heterocycles. The number of aryl methyl sites for hydroxylation is 1. The summed E-state index contributed by atoms with van der Waals surface area (Å²) in [7, 11) is 0. The largest absolute Gasteiger partial charge is 0.487 e. The van der Waals surface area contributed by atoms with Gasteiger partial charge in [-0.05, 0) is 60.9 Å². The Morgan fingerprint density at radius 3 is 2.36 bits per heavy atom. The van der Waals surface area contributed by atoms with E-state index in [0.717, 1.165) is 33.3 Å². The number of hydrogen-bond acceptors (Lipinski definition) is 3. The van der Waals surface area contributed by atoms with Gasteiger partial charge >= 0.3 is 5.97 Å². The molecule has 170 valence electrons. The molecule has 33 heavy (non-hydrogen) atoms. The Morgan fingerprint density at radius 1 is 1.03 bits per heavy atom. The number of carbonyl (C=O) groups excluding carboxylic acids is 1. The van der Waals surface area contributed by atoms with Gasteiger partial charge in [-0.25, -0.2) is 0 Å². The highest BCUT2D eigenvalue weighted by Crippen LogP contribution is 2.37. The Hall–Kier alpha value is -3.12. The van der Waals surface area contributed by atoms with Crippen LogP contribution in [0, 0.1) is 6.92 Å². The lowest BCUT2D eigenvalue weighted by molar-refractivity contribution is -0.137. The number of rotatable bonds is 7. The summed E-state index contributed by atoms with van der Waals surface area (Å²) < 4.78 is 7.30. The zero-order chi connectivity index (χ0) is 23.6. The molecule has 0 radical (unpaired) electrons. The van der Waals surface area contributed by atoms with Crippen LogP contribution in [-0.2, 0) is 24.2 Å². The molecule has 1 N–H and O–H groups in total. The molecule has 0 saturated heterocycles. The highest BCUT2D eigenvalue weighted by atomic mass is 79.9. The molecule has 0 saturated carbocycles. The monoisotopic (exact) mass is 507 g/mol. The molecule has 0 fully saturated rings. The maximum atomic E-state index is 13.3. The number of amides is 1. The van der Waals surface area contributed by atoms with E-state index in [4.69, 9.17) is 4.74 Å². The van der Waals surface area contributed by atoms with E-state index in [9.17, 15) is 14.7 Å². The van der Waals surface area contributed by atoms with Gasteiger partial charge < -0.3 is 14.7 Å². The third-order valence-corrected chi connectivity index (χ3v) is 6.36. The van der Waals surface area contributed by atoms with Crippen molar-refractivity contribution in [1.29, 1.82) is 0 Å². The molecule has 3 aromatic carbocycles. The average molecular weight is 508 g/mol. The zero-order valence-electron chi connectivity index (χ0n) is 18.7. The number of nitrogens with zero attached hydrogens (tertiary/aromatic N) is 1. The second-order valence-electron chi connectivity index (χ2n) is 8.90. The molecular weight excluding hydrogens is 482 g/mol. The quantitative estimate of drug-likeness (QED) is 0.463. The van der Waals surface area contributed by atoms with Crippen LogP contribution in [0.2, 0.25) is 0 Å². The van der Waals surface area contributed by atoms with E-state index < -0.39 is 11.6 Å². The molecule has 0 aliphatic carbocycles. The molecule has 3 aromatic rings. The second-order valence-corrected chi connectivity index (χ2v) is 9.81. The zero-order valence-corrected chi connectivity index (χ0v) is 20.3. The van der Waals surface area contributed by atoms with E-state index in [1.807, 2.05) is 55.5 Å². The third-order valence-electron chi connectivity index (χ3n) is 5.83. The number of fused-ring (bicyclic) bond motifs is 1. The van der Waals surface area contributed by atoms with Gasteiger partial charge in [0.05, 0.1) is 0 Å². The summed E-state index contributed by atoms with van der Waals surface area (Å²) in [5, 5.41) is 9.37. The van der Waals surface area contributed by atoms with Crippen molar-refractivity contribution in [2.45, 2.75) is 38.8 Å². The van der Waals surface area contributed by atoms with Crippen LogP contribution in [0.25, 0.3) is 0 Å². The predicted octanol–water partition coefficient (Wildman–Crippen LogP) is 5.42. The van der Waals surface area contributed by atoms with Gasteiger partial charge in [-0.2, -0.15) is 0 Å². The third kappa shape index (κ3) is 5.63. The van der Waals surface area contributed by atoms with Crippen LogP contribution in [0.5, 0.6) is 5.75 Å². The first-order valence-corrected chi connectivity index (χ1v) is 11.6. The molecule has 1 atom stereocenters. The number of hydrogen-bond donors (Lipinski definition) is 1. The number of halogens is 1. The summed E-state index contributed by atoms with van der Waals surface area (Å²) >= 11 is 3.46. The van der Waals surface area contributed by atoms with E-state index >= 15 is 0 Å². The Bertz CT molecular complexity index is 1170. The molecule has 4 rings (SSSR count). The first-order valence-electron chi connectivity index (χ1n) is 10.8. The minimum atomic E-state index is -1.04. The van der Waals surface area contributed by atoms with Gasteiger partial charge in [0.25, 0.3) is 5.91 Å². The van der Waals surface area contributed by atoms with Gasteiger partial charge in [0.2, 0.25) is 0 Å². The van der Waals surface area contributed by atoms with Gasteiger partial charge in [0, 0.05) is 29.4 Å². The van der Waals surface area contributed by atoms with Gasteiger partial charge in [0.1, 0.15) is 17.9 Å². The standard InChI is InChI=1S/C27H26BrNO4/c1-18-3-5-20(6-4-18)16-29(17-25(30)31)26(32)21-9-12-24-22(13-21)15-27(2,33-24)14-19-7-10-23(28)11-8-19/h3-13H,14-17H2,1-2H3,(H,30,31). The van der Waals surface area contributed by atoms with Crippen molar-refractivity contribution in [2.24, 2.45) is 0 Å². The predicted molar refractivity (Wildman–Crippen MR) is 131 cm³/mol. The Labute approximate surface area is 202 Å². The summed E-state index contributed by atoms with van der Waals surface area (Å²) in [6.45, 7) is 3.94. The van der Waals surface area contributed by atoms with Crippen molar-refractivity contribution in [3.05, 3.63) is 99.0 Å². The first kappa shape index (κ1) is 23.1. The van der Waals surface area contributed by atoms with Gasteiger partial charge in [-0.3, -0.25) is 9.59 Å². The van der Waals surface area contributed by atoms with Crippen LogP contribution < -0.4 is 4.74 Å². The lowest BCUT2D eigenvalue weighted by Crippen LogP contribution is -2.35. The highest BCUT2D eigenvalue weighted by Gasteiger charge is 2.35. The van der Waals surface area contributed by atoms with Crippen LogP contribution in [-0.4, -0.2) is 34.0 Å². The molecule has 1 amide bonds. The summed E-state index contributed by atoms with van der Waals surface area (Å²) in [6, 6.07) is 21.3. The van der Waals surface area contributed by atoms with E-state index in [1.54, 1.807) is 6.07 Å². The van der Waals surface area contributed by atoms with Crippen molar-refractivity contribution >= 4 is 27.8 Å². The van der Waals surface area contributed by atoms with Gasteiger partial charge in [-0.1, -0.05) is 57.9 Å². The lowest BCUT2D eigenvalue weighted by atomic mass is 9.91. The van der Waals surface area contributed by atoms with Crippen molar-refractivity contribution in [3.8, 4) is 5.75 Å². The number of carboxylic acids is 1. The summed E-state index contributed by atoms with van der Waals surface area (Å²) in [6.07, 6.45) is 1.42. The van der Waals surface area contributed by atoms with E-state index in [-0.39, 0.29) is 19.0 Å². The number of carboxylic acid groups (broad SMARTS) is 1. The van der Waals surface area contributed by atoms with E-state index in [1.165, 1.54) is 10.5 Å². The molecular formula is C27H26BrNO4. The molecule has 0 bridgehead atoms. The molecule has 1 unspecified atom stereocenters. The molecule has 1 heterocycles. The van der Waals surface area contributed by atoms with Crippen molar-refractivity contribution < 1.29 is 19.4 Å². The fourth-order valence-corrected chi connectivity index (χ4v) is 4.51. The fraction of sp³-hybridized carbons (Fsp3) is 0.259. The van der Waals surface area contributed by atoms with Crippen LogP contribution in [0.3, 0.4) is 0 Å². The first-order chi connectivity index (χ1) is 15.7. The van der Waals surface area contributed by atoms with Crippen LogP contribution in [0.4, 0.5) is 0 Å². The summed E-state index contributed by atoms with van der Waals surface area (Å²) in [4.78, 5) is 26.1. The van der Waals surface area contributed by atoms with Crippen LogP contribution >= 0.6 is 15.9 Å². The molecule has 0 spiro atoms. The van der Waals surface area contributed by atoms with Crippen molar-refractivity contribution in [2.75, 3.05) is 6.54 Å². The highest BCUT2D eigenvalue weighted by molar-refractivity contribution is 9.10. The molecule has 6 heteroatoms. The Morgan fingerprint density at radius 2 is 1.70 bits per heavy atom. The SMILES string of the molecule is Cc1ccc(CN(CC(=O)O)C(=O)c2ccc3c(c2)CC(C)(Cc2ccc(Br)cc2)O3)cc1. The number of aliphatic carboxylic acids is 1. The maximum absolute atomic E-state index is 13.3. The van der Waals surface area contributed by atoms with Crippen molar-refractivity contribution in [3.63, 3.8) is 0 Å². The van der Waals surface area contributed by atoms with Crippen LogP contribution in [0.1, 0.15) is 39.5 Å². The fourth-order valence-electron chi connectivity index (χ4n) is 4.25. The number of benzene rings is 3. The normalized spacial score (nSPS) is 16.7. The summed E-state index contributed by atoms with van der Waals surface area (Å²) in [5.41, 5.74) is 4.21. The maximum Gasteiger partial charge on any atom is 0.323 e. The van der Waals surface area contributed by atoms with E-state index in [2.05, 4.69) is 35.0 Å². The Kier molecular flexibility index (Phi) is 6.56. The number of ether oxygens (including phenoxy) is 1.